The highest BCUT2D eigenvalue weighted by Crippen LogP contribution is 2.67. The van der Waals surface area contributed by atoms with E-state index in [9.17, 15) is 10.2 Å². The highest BCUT2D eigenvalue weighted by molar-refractivity contribution is 5.59. The van der Waals surface area contributed by atoms with E-state index in [0.29, 0.717) is 18.6 Å². The van der Waals surface area contributed by atoms with Crippen LogP contribution in [0.15, 0.2) is 12.1 Å². The molecule has 2 aliphatic carbocycles. The molecule has 0 radical (unpaired) electrons. The Balaban J connectivity index is 1.76. The number of hydrogen-bond acceptors (Lipinski definition) is 4. The van der Waals surface area contributed by atoms with Crippen molar-refractivity contribution in [1.29, 1.82) is 0 Å². The number of aliphatic hydroxyl groups excluding tert-OH is 2. The average Bonchev–Trinajstić information content (AvgIpc) is 2.75. The van der Waals surface area contributed by atoms with Gasteiger partial charge in [0.05, 0.1) is 0 Å². The first-order chi connectivity index (χ1) is 8.35. The van der Waals surface area contributed by atoms with Crippen molar-refractivity contribution in [3.05, 3.63) is 23.3 Å². The molecule has 1 saturated carbocycles. The lowest BCUT2D eigenvalue weighted by atomic mass is 9.45. The standard InChI is InChI=1S/C13H14O4/c14-3-8-9(4-15)13-7-2-11-10(16-5-17-11)1-6(7)12(8)13/h1-2,8-9,12-15H,3-5H2/t8-,9?,12-,13?/m0/s1. The monoisotopic (exact) mass is 234 g/mol. The zero-order valence-corrected chi connectivity index (χ0v) is 9.30. The Bertz CT molecular complexity index is 442. The third-order valence-electron chi connectivity index (χ3n) is 4.58. The van der Waals surface area contributed by atoms with Gasteiger partial charge in [0.15, 0.2) is 11.5 Å². The molecule has 1 fully saturated rings. The Hall–Kier alpha value is -1.26. The van der Waals surface area contributed by atoms with Gasteiger partial charge in [-0.2, -0.15) is 0 Å². The Morgan fingerprint density at radius 2 is 1.41 bits per heavy atom. The summed E-state index contributed by atoms with van der Waals surface area (Å²) in [5.74, 6) is 2.84. The molecule has 2 N–H and O–H groups in total. The van der Waals surface area contributed by atoms with Crippen LogP contribution in [0.1, 0.15) is 23.0 Å². The summed E-state index contributed by atoms with van der Waals surface area (Å²) in [6.45, 7) is 0.598. The van der Waals surface area contributed by atoms with Crippen molar-refractivity contribution in [2.75, 3.05) is 20.0 Å². The van der Waals surface area contributed by atoms with Crippen molar-refractivity contribution in [2.45, 2.75) is 11.8 Å². The molecule has 3 aliphatic rings. The van der Waals surface area contributed by atoms with Gasteiger partial charge >= 0.3 is 0 Å². The first kappa shape index (κ1) is 9.74. The molecular weight excluding hydrogens is 220 g/mol. The van der Waals surface area contributed by atoms with E-state index in [2.05, 4.69) is 0 Å². The first-order valence-electron chi connectivity index (χ1n) is 6.00. The quantitative estimate of drug-likeness (QED) is 0.795. The van der Waals surface area contributed by atoms with E-state index in [1.807, 2.05) is 12.1 Å². The molecule has 0 amide bonds. The summed E-state index contributed by atoms with van der Waals surface area (Å²) in [6.07, 6.45) is 0. The lowest BCUT2D eigenvalue weighted by Gasteiger charge is -2.59. The lowest BCUT2D eigenvalue weighted by molar-refractivity contribution is -0.0221. The average molecular weight is 234 g/mol. The molecule has 4 rings (SSSR count). The molecule has 4 nitrogen and oxygen atoms in total. The molecule has 1 heterocycles. The van der Waals surface area contributed by atoms with E-state index in [-0.39, 0.29) is 25.0 Å². The molecule has 90 valence electrons. The number of fused-ring (bicyclic) bond motifs is 5. The maximum absolute atomic E-state index is 9.36. The fourth-order valence-corrected chi connectivity index (χ4v) is 3.72. The molecule has 2 unspecified atom stereocenters. The summed E-state index contributed by atoms with van der Waals surface area (Å²) in [4.78, 5) is 0. The van der Waals surface area contributed by atoms with Crippen molar-refractivity contribution >= 4 is 0 Å². The molecule has 1 aromatic rings. The summed E-state index contributed by atoms with van der Waals surface area (Å²) >= 11 is 0. The lowest BCUT2D eigenvalue weighted by Crippen LogP contribution is -2.53. The third kappa shape index (κ3) is 1.01. The summed E-state index contributed by atoms with van der Waals surface area (Å²) in [7, 11) is 0. The zero-order valence-electron chi connectivity index (χ0n) is 9.30. The Morgan fingerprint density at radius 1 is 0.941 bits per heavy atom. The van der Waals surface area contributed by atoms with Gasteiger partial charge in [0.25, 0.3) is 0 Å². The normalized spacial score (nSPS) is 35.6. The second kappa shape index (κ2) is 3.15. The highest BCUT2D eigenvalue weighted by atomic mass is 16.7. The van der Waals surface area contributed by atoms with Crippen LogP contribution >= 0.6 is 0 Å². The molecule has 1 aliphatic heterocycles. The number of aliphatic hydroxyl groups is 2. The minimum absolute atomic E-state index is 0.153. The molecule has 0 bridgehead atoms. The van der Waals surface area contributed by atoms with Crippen LogP contribution in [-0.4, -0.2) is 30.2 Å². The van der Waals surface area contributed by atoms with Crippen LogP contribution in [0.25, 0.3) is 0 Å². The number of benzene rings is 1. The van der Waals surface area contributed by atoms with Gasteiger partial charge in [-0.05, 0) is 46.9 Å². The van der Waals surface area contributed by atoms with Gasteiger partial charge in [-0.1, -0.05) is 0 Å². The zero-order chi connectivity index (χ0) is 11.6. The van der Waals surface area contributed by atoms with Crippen LogP contribution < -0.4 is 9.47 Å². The van der Waals surface area contributed by atoms with E-state index in [1.165, 1.54) is 11.1 Å². The smallest absolute Gasteiger partial charge is 0.231 e. The number of ether oxygens (including phenoxy) is 2. The molecule has 0 aromatic heterocycles. The highest BCUT2D eigenvalue weighted by Gasteiger charge is 2.58. The Labute approximate surface area is 98.8 Å². The number of rotatable bonds is 2. The van der Waals surface area contributed by atoms with Gasteiger partial charge < -0.3 is 19.7 Å². The van der Waals surface area contributed by atoms with Crippen molar-refractivity contribution in [3.8, 4) is 11.5 Å². The van der Waals surface area contributed by atoms with Crippen LogP contribution in [-0.2, 0) is 0 Å². The van der Waals surface area contributed by atoms with Crippen molar-refractivity contribution in [2.24, 2.45) is 11.8 Å². The van der Waals surface area contributed by atoms with Crippen LogP contribution in [0.4, 0.5) is 0 Å². The van der Waals surface area contributed by atoms with Gasteiger partial charge in [-0.15, -0.1) is 0 Å². The largest absolute Gasteiger partial charge is 0.454 e. The maximum atomic E-state index is 9.36. The summed E-state index contributed by atoms with van der Waals surface area (Å²) in [5.41, 5.74) is 2.53. The van der Waals surface area contributed by atoms with Gasteiger partial charge in [0.1, 0.15) is 0 Å². The summed E-state index contributed by atoms with van der Waals surface area (Å²) in [5, 5.41) is 18.7. The van der Waals surface area contributed by atoms with E-state index < -0.39 is 0 Å². The molecule has 0 saturated heterocycles. The minimum Gasteiger partial charge on any atom is -0.454 e. The second-order valence-electron chi connectivity index (χ2n) is 5.08. The molecule has 1 aromatic carbocycles. The summed E-state index contributed by atoms with van der Waals surface area (Å²) in [6, 6.07) is 4.07. The molecule has 4 atom stereocenters. The van der Waals surface area contributed by atoms with Crippen LogP contribution in [0.5, 0.6) is 11.5 Å². The molecule has 0 spiro atoms. The molecule has 4 heteroatoms. The minimum atomic E-state index is 0.153. The van der Waals surface area contributed by atoms with Crippen LogP contribution in [0.3, 0.4) is 0 Å². The van der Waals surface area contributed by atoms with Gasteiger partial charge in [-0.3, -0.25) is 0 Å². The molecule has 17 heavy (non-hydrogen) atoms. The predicted octanol–water partition coefficient (Wildman–Crippen LogP) is 0.827. The fraction of sp³-hybridized carbons (Fsp3) is 0.538. The molecular formula is C13H14O4. The van der Waals surface area contributed by atoms with Crippen LogP contribution in [0, 0.1) is 11.8 Å². The maximum Gasteiger partial charge on any atom is 0.231 e. The van der Waals surface area contributed by atoms with E-state index in [1.54, 1.807) is 0 Å². The van der Waals surface area contributed by atoms with Gasteiger partial charge in [-0.25, -0.2) is 0 Å². The topological polar surface area (TPSA) is 58.9 Å². The second-order valence-corrected chi connectivity index (χ2v) is 5.08. The van der Waals surface area contributed by atoms with E-state index >= 15 is 0 Å². The first-order valence-corrected chi connectivity index (χ1v) is 6.00. The fourth-order valence-electron chi connectivity index (χ4n) is 3.72. The predicted molar refractivity (Wildman–Crippen MR) is 59.2 cm³/mol. The summed E-state index contributed by atoms with van der Waals surface area (Å²) < 4.78 is 10.7. The van der Waals surface area contributed by atoms with Crippen LogP contribution in [0.2, 0.25) is 0 Å². The van der Waals surface area contributed by atoms with Gasteiger partial charge in [0, 0.05) is 13.2 Å². The van der Waals surface area contributed by atoms with Crippen molar-refractivity contribution in [1.82, 2.24) is 0 Å². The van der Waals surface area contributed by atoms with E-state index in [0.717, 1.165) is 11.5 Å². The van der Waals surface area contributed by atoms with Crippen molar-refractivity contribution in [3.63, 3.8) is 0 Å². The van der Waals surface area contributed by atoms with E-state index in [4.69, 9.17) is 9.47 Å². The third-order valence-corrected chi connectivity index (χ3v) is 4.58. The SMILES string of the molecule is OCC1C2c3cc4c(cc3[C@H]2[C@H]1CO)OCO4. The van der Waals surface area contributed by atoms with Gasteiger partial charge in [0.2, 0.25) is 6.79 Å². The van der Waals surface area contributed by atoms with Crippen molar-refractivity contribution < 1.29 is 19.7 Å². The Morgan fingerprint density at radius 3 is 1.82 bits per heavy atom. The number of hydrogen-bond donors (Lipinski definition) is 2. The Kier molecular flexibility index (Phi) is 1.80.